The van der Waals surface area contributed by atoms with Crippen molar-refractivity contribution in [1.29, 1.82) is 0 Å². The summed E-state index contributed by atoms with van der Waals surface area (Å²) in [5.74, 6) is -7.90. The molecule has 0 aliphatic carbocycles. The van der Waals surface area contributed by atoms with Gasteiger partial charge in [0.25, 0.3) is 11.8 Å². The number of ether oxygens (including phenoxy) is 2. The van der Waals surface area contributed by atoms with E-state index >= 15 is 0 Å². The summed E-state index contributed by atoms with van der Waals surface area (Å²) in [5.41, 5.74) is 2.07. The van der Waals surface area contributed by atoms with Gasteiger partial charge in [-0.05, 0) is 39.0 Å². The number of pyridine rings is 1. The first-order chi connectivity index (χ1) is 16.2. The Morgan fingerprint density at radius 1 is 1.23 bits per heavy atom. The number of halogens is 5. The van der Waals surface area contributed by atoms with Gasteiger partial charge in [-0.1, -0.05) is 13.0 Å². The second kappa shape index (κ2) is 9.40. The van der Waals surface area contributed by atoms with Crippen molar-refractivity contribution >= 4 is 17.5 Å². The van der Waals surface area contributed by atoms with E-state index in [1.54, 1.807) is 0 Å². The molecule has 1 aromatic heterocycles. The zero-order chi connectivity index (χ0) is 26.3. The first-order valence-corrected chi connectivity index (χ1v) is 10.6. The topological polar surface area (TPSA) is 104 Å². The molecule has 35 heavy (non-hydrogen) atoms. The molecule has 190 valence electrons. The number of nitrogens with two attached hydrogens (primary N) is 1. The lowest BCUT2D eigenvalue weighted by Gasteiger charge is -2.32. The van der Waals surface area contributed by atoms with Crippen molar-refractivity contribution < 1.29 is 41.0 Å². The van der Waals surface area contributed by atoms with Gasteiger partial charge in [0.05, 0.1) is 6.10 Å². The molecule has 1 aromatic carbocycles. The number of anilines is 1. The lowest BCUT2D eigenvalue weighted by atomic mass is 9.77. The van der Waals surface area contributed by atoms with E-state index in [-0.39, 0.29) is 16.9 Å². The Balaban J connectivity index is 2.10. The van der Waals surface area contributed by atoms with E-state index in [0.29, 0.717) is 0 Å². The molecule has 2 amide bonds. The van der Waals surface area contributed by atoms with E-state index in [9.17, 15) is 31.5 Å². The zero-order valence-electron chi connectivity index (χ0n) is 19.2. The van der Waals surface area contributed by atoms with Gasteiger partial charge in [0.1, 0.15) is 11.8 Å². The number of alkyl halides is 3. The molecule has 2 aromatic rings. The minimum Gasteiger partial charge on any atom is -0.488 e. The van der Waals surface area contributed by atoms with Gasteiger partial charge in [-0.15, -0.1) is 0 Å². The summed E-state index contributed by atoms with van der Waals surface area (Å²) >= 11 is 0. The summed E-state index contributed by atoms with van der Waals surface area (Å²) in [5, 5.41) is 2.39. The van der Waals surface area contributed by atoms with Gasteiger partial charge in [0.15, 0.2) is 17.2 Å². The first kappa shape index (κ1) is 26.3. The van der Waals surface area contributed by atoms with Gasteiger partial charge in [-0.2, -0.15) is 17.6 Å². The minimum absolute atomic E-state index is 0.0263. The maximum absolute atomic E-state index is 14.7. The second-order valence-corrected chi connectivity index (χ2v) is 8.69. The number of hydrogen-bond donors (Lipinski definition) is 2. The minimum atomic E-state index is -4.90. The number of aromatic nitrogens is 1. The maximum atomic E-state index is 14.7. The number of nitrogens with zero attached hydrogens (tertiary/aromatic N) is 1. The van der Waals surface area contributed by atoms with Crippen LogP contribution >= 0.6 is 0 Å². The van der Waals surface area contributed by atoms with Crippen LogP contribution in [0.3, 0.4) is 0 Å². The highest BCUT2D eigenvalue weighted by molar-refractivity contribution is 5.97. The molecule has 1 aliphatic rings. The van der Waals surface area contributed by atoms with E-state index in [1.807, 2.05) is 0 Å². The van der Waals surface area contributed by atoms with Crippen molar-refractivity contribution in [3.63, 3.8) is 0 Å². The van der Waals surface area contributed by atoms with Crippen LogP contribution < -0.4 is 15.8 Å². The summed E-state index contributed by atoms with van der Waals surface area (Å²) < 4.78 is 81.6. The Labute approximate surface area is 197 Å². The molecule has 0 spiro atoms. The zero-order valence-corrected chi connectivity index (χ0v) is 19.2. The van der Waals surface area contributed by atoms with Crippen molar-refractivity contribution in [3.05, 3.63) is 53.4 Å². The molecule has 1 aliphatic heterocycles. The number of amides is 2. The smallest absolute Gasteiger partial charge is 0.417 e. The molecule has 0 saturated carbocycles. The average molecular weight is 501 g/mol. The van der Waals surface area contributed by atoms with Crippen LogP contribution in [0.15, 0.2) is 30.5 Å². The third kappa shape index (κ3) is 4.93. The SMILES string of the molecule is CC(C)Oc1c([C@@H]2[C@@H](C)[C@](C)(C(F)(F)F)O[C@H]2C(=O)Nc2ccnc(C(N)=O)c2)ccc(F)c1F. The molecule has 0 unspecified atom stereocenters. The number of benzene rings is 1. The first-order valence-electron chi connectivity index (χ1n) is 10.6. The van der Waals surface area contributed by atoms with Crippen LogP contribution in [0.1, 0.15) is 49.7 Å². The van der Waals surface area contributed by atoms with Crippen LogP contribution in [0.2, 0.25) is 0 Å². The van der Waals surface area contributed by atoms with Crippen molar-refractivity contribution in [3.8, 4) is 5.75 Å². The Bertz CT molecular complexity index is 1140. The highest BCUT2D eigenvalue weighted by atomic mass is 19.4. The molecule has 7 nitrogen and oxygen atoms in total. The summed E-state index contributed by atoms with van der Waals surface area (Å²) in [7, 11) is 0. The van der Waals surface area contributed by atoms with Crippen LogP contribution in [-0.2, 0) is 9.53 Å². The Morgan fingerprint density at radius 3 is 2.46 bits per heavy atom. The molecule has 0 radical (unpaired) electrons. The van der Waals surface area contributed by atoms with Gasteiger partial charge in [0, 0.05) is 29.3 Å². The number of carbonyl (C=O) groups is 2. The third-order valence-corrected chi connectivity index (χ3v) is 6.00. The molecule has 0 bridgehead atoms. The monoisotopic (exact) mass is 501 g/mol. The van der Waals surface area contributed by atoms with Gasteiger partial charge in [0.2, 0.25) is 5.82 Å². The van der Waals surface area contributed by atoms with Crippen molar-refractivity contribution in [2.24, 2.45) is 11.7 Å². The summed E-state index contributed by atoms with van der Waals surface area (Å²) in [6.07, 6.45) is -6.14. The quantitative estimate of drug-likeness (QED) is 0.574. The number of rotatable bonds is 6. The molecule has 3 N–H and O–H groups in total. The number of carbonyl (C=O) groups excluding carboxylic acids is 2. The predicted molar refractivity (Wildman–Crippen MR) is 115 cm³/mol. The van der Waals surface area contributed by atoms with Crippen LogP contribution in [-0.4, -0.2) is 40.8 Å². The fraction of sp³-hybridized carbons (Fsp3) is 0.435. The van der Waals surface area contributed by atoms with Crippen LogP contribution in [0.5, 0.6) is 5.75 Å². The molecule has 4 atom stereocenters. The fourth-order valence-corrected chi connectivity index (χ4v) is 4.04. The van der Waals surface area contributed by atoms with Crippen molar-refractivity contribution in [2.75, 3.05) is 5.32 Å². The standard InChI is InChI=1S/C23H24F5N3O4/c1-10(2)34-18-13(5-6-14(24)17(18)25)16-11(3)22(4,23(26,27)28)35-19(16)21(33)31-12-7-8-30-15(9-12)20(29)32/h5-11,16,19H,1-4H3,(H2,29,32)(H,30,31,33)/t11-,16+,19-,22-/m1/s1. The Kier molecular flexibility index (Phi) is 7.07. The highest BCUT2D eigenvalue weighted by Gasteiger charge is 2.66. The Hall–Kier alpha value is -3.28. The third-order valence-electron chi connectivity index (χ3n) is 6.00. The predicted octanol–water partition coefficient (Wildman–Crippen LogP) is 4.32. The molecule has 1 saturated heterocycles. The summed E-state index contributed by atoms with van der Waals surface area (Å²) in [6.45, 7) is 5.07. The van der Waals surface area contributed by atoms with E-state index in [4.69, 9.17) is 15.2 Å². The maximum Gasteiger partial charge on any atom is 0.417 e. The van der Waals surface area contributed by atoms with E-state index in [1.165, 1.54) is 33.0 Å². The van der Waals surface area contributed by atoms with E-state index in [2.05, 4.69) is 10.3 Å². The van der Waals surface area contributed by atoms with Gasteiger partial charge < -0.3 is 20.5 Å². The van der Waals surface area contributed by atoms with Crippen LogP contribution in [0, 0.1) is 17.6 Å². The van der Waals surface area contributed by atoms with Gasteiger partial charge in [-0.3, -0.25) is 14.6 Å². The van der Waals surface area contributed by atoms with Crippen molar-refractivity contribution in [2.45, 2.75) is 57.6 Å². The normalized spacial score (nSPS) is 24.5. The number of hydrogen-bond acceptors (Lipinski definition) is 5. The molecular formula is C23H24F5N3O4. The Morgan fingerprint density at radius 2 is 1.89 bits per heavy atom. The largest absolute Gasteiger partial charge is 0.488 e. The molecule has 3 rings (SSSR count). The molecule has 2 heterocycles. The van der Waals surface area contributed by atoms with Gasteiger partial charge in [-0.25, -0.2) is 4.39 Å². The average Bonchev–Trinajstić information content (AvgIpc) is 3.04. The second-order valence-electron chi connectivity index (χ2n) is 8.69. The number of primary amides is 1. The molecule has 12 heteroatoms. The van der Waals surface area contributed by atoms with E-state index in [0.717, 1.165) is 25.1 Å². The van der Waals surface area contributed by atoms with Crippen molar-refractivity contribution in [1.82, 2.24) is 4.98 Å². The number of nitrogens with one attached hydrogen (secondary N) is 1. The van der Waals surface area contributed by atoms with Crippen LogP contribution in [0.25, 0.3) is 0 Å². The van der Waals surface area contributed by atoms with E-state index < -0.39 is 65.0 Å². The summed E-state index contributed by atoms with van der Waals surface area (Å²) in [6, 6.07) is 4.28. The highest BCUT2D eigenvalue weighted by Crippen LogP contribution is 2.55. The lowest BCUT2D eigenvalue weighted by Crippen LogP contribution is -2.47. The molecule has 1 fully saturated rings. The summed E-state index contributed by atoms with van der Waals surface area (Å²) in [4.78, 5) is 28.3. The lowest BCUT2D eigenvalue weighted by molar-refractivity contribution is -0.272. The van der Waals surface area contributed by atoms with Crippen LogP contribution in [0.4, 0.5) is 27.6 Å². The van der Waals surface area contributed by atoms with Gasteiger partial charge >= 0.3 is 6.18 Å². The molecular weight excluding hydrogens is 477 g/mol. The fourth-order valence-electron chi connectivity index (χ4n) is 4.04.